The van der Waals surface area contributed by atoms with Crippen molar-refractivity contribution in [3.8, 4) is 0 Å². The van der Waals surface area contributed by atoms with Crippen LogP contribution < -0.4 is 5.32 Å². The van der Waals surface area contributed by atoms with Crippen LogP contribution in [0.5, 0.6) is 0 Å². The van der Waals surface area contributed by atoms with Gasteiger partial charge in [0, 0.05) is 24.1 Å². The number of piperidine rings is 1. The van der Waals surface area contributed by atoms with Gasteiger partial charge < -0.3 is 9.64 Å². The van der Waals surface area contributed by atoms with Crippen molar-refractivity contribution >= 4 is 23.7 Å². The number of benzene rings is 1. The minimum absolute atomic E-state index is 0.0631. The summed E-state index contributed by atoms with van der Waals surface area (Å²) in [6.07, 6.45) is 1.01. The number of ether oxygens (including phenoxy) is 1. The quantitative estimate of drug-likeness (QED) is 0.811. The average molecular weight is 374 g/mol. The van der Waals surface area contributed by atoms with Gasteiger partial charge in [0.1, 0.15) is 0 Å². The monoisotopic (exact) mass is 374 g/mol. The molecule has 0 spiro atoms. The zero-order valence-electron chi connectivity index (χ0n) is 16.0. The van der Waals surface area contributed by atoms with E-state index in [1.54, 1.807) is 35.2 Å². The van der Waals surface area contributed by atoms with Crippen LogP contribution in [0.2, 0.25) is 0 Å². The first-order valence-corrected chi connectivity index (χ1v) is 9.03. The first-order valence-electron chi connectivity index (χ1n) is 9.03. The highest BCUT2D eigenvalue weighted by Gasteiger charge is 2.33. The van der Waals surface area contributed by atoms with Crippen molar-refractivity contribution in [2.45, 2.75) is 33.6 Å². The Morgan fingerprint density at radius 1 is 1.07 bits per heavy atom. The van der Waals surface area contributed by atoms with E-state index >= 15 is 0 Å². The van der Waals surface area contributed by atoms with E-state index in [2.05, 4.69) is 5.32 Å². The lowest BCUT2D eigenvalue weighted by molar-refractivity contribution is -0.155. The van der Waals surface area contributed by atoms with Crippen molar-refractivity contribution in [2.24, 2.45) is 11.3 Å². The maximum Gasteiger partial charge on any atom is 0.309 e. The van der Waals surface area contributed by atoms with E-state index in [-0.39, 0.29) is 11.8 Å². The fourth-order valence-electron chi connectivity index (χ4n) is 2.87. The highest BCUT2D eigenvalue weighted by molar-refractivity contribution is 6.05. The Hall–Kier alpha value is -2.70. The normalized spacial score (nSPS) is 15.1. The molecule has 0 aliphatic carbocycles. The highest BCUT2D eigenvalue weighted by Crippen LogP contribution is 2.24. The summed E-state index contributed by atoms with van der Waals surface area (Å²) in [5.41, 5.74) is -0.0930. The second-order valence-corrected chi connectivity index (χ2v) is 7.67. The van der Waals surface area contributed by atoms with Gasteiger partial charge in [0.25, 0.3) is 11.8 Å². The maximum atomic E-state index is 12.3. The number of rotatable bonds is 4. The predicted octanol–water partition coefficient (Wildman–Crippen LogP) is 1.77. The van der Waals surface area contributed by atoms with Gasteiger partial charge in [0.2, 0.25) is 5.91 Å². The van der Waals surface area contributed by atoms with Crippen molar-refractivity contribution < 1.29 is 23.9 Å². The number of imide groups is 1. The molecular formula is C20H26N2O5. The molecule has 7 nitrogen and oxygen atoms in total. The number of hydrogen-bond acceptors (Lipinski definition) is 5. The standard InChI is InChI=1S/C20H26N2O5/c1-20(2,3)19(26)22-11-9-15(10-12-22)18(25)27-13-16(23)21-17(24)14-7-5-4-6-8-14/h4-8,15H,9-13H2,1-3H3,(H,21,23,24). The molecule has 1 N–H and O–H groups in total. The minimum Gasteiger partial charge on any atom is -0.455 e. The first-order chi connectivity index (χ1) is 12.7. The molecule has 7 heteroatoms. The van der Waals surface area contributed by atoms with Gasteiger partial charge in [0.05, 0.1) is 5.92 Å². The van der Waals surface area contributed by atoms with Gasteiger partial charge in [-0.15, -0.1) is 0 Å². The molecule has 3 amide bonds. The smallest absolute Gasteiger partial charge is 0.309 e. The number of nitrogens with zero attached hydrogens (tertiary/aromatic N) is 1. The number of esters is 1. The molecule has 1 aromatic carbocycles. The molecule has 0 unspecified atom stereocenters. The Morgan fingerprint density at radius 3 is 2.22 bits per heavy atom. The second kappa shape index (κ2) is 8.79. The largest absolute Gasteiger partial charge is 0.455 e. The van der Waals surface area contributed by atoms with E-state index in [0.717, 1.165) is 0 Å². The van der Waals surface area contributed by atoms with Gasteiger partial charge >= 0.3 is 5.97 Å². The van der Waals surface area contributed by atoms with Crippen molar-refractivity contribution in [1.82, 2.24) is 10.2 Å². The van der Waals surface area contributed by atoms with E-state index in [4.69, 9.17) is 4.74 Å². The number of hydrogen-bond donors (Lipinski definition) is 1. The molecule has 1 aliphatic rings. The van der Waals surface area contributed by atoms with Gasteiger partial charge in [-0.3, -0.25) is 24.5 Å². The van der Waals surface area contributed by atoms with Gasteiger partial charge in [0.15, 0.2) is 6.61 Å². The molecule has 0 saturated carbocycles. The third-order valence-electron chi connectivity index (χ3n) is 4.39. The molecule has 0 bridgehead atoms. The topological polar surface area (TPSA) is 92.8 Å². The molecule has 2 rings (SSSR count). The Bertz CT molecular complexity index is 701. The van der Waals surface area contributed by atoms with E-state index < -0.39 is 29.8 Å². The first kappa shape index (κ1) is 20.6. The average Bonchev–Trinajstić information content (AvgIpc) is 2.65. The lowest BCUT2D eigenvalue weighted by atomic mass is 9.91. The van der Waals surface area contributed by atoms with Crippen molar-refractivity contribution in [2.75, 3.05) is 19.7 Å². The molecule has 1 fully saturated rings. The minimum atomic E-state index is -0.669. The van der Waals surface area contributed by atoms with E-state index in [9.17, 15) is 19.2 Å². The molecule has 1 heterocycles. The van der Waals surface area contributed by atoms with Gasteiger partial charge in [-0.25, -0.2) is 0 Å². The Labute approximate surface area is 159 Å². The molecule has 1 aliphatic heterocycles. The van der Waals surface area contributed by atoms with Gasteiger partial charge in [-0.2, -0.15) is 0 Å². The number of amides is 3. The Balaban J connectivity index is 1.74. The zero-order valence-corrected chi connectivity index (χ0v) is 16.0. The Morgan fingerprint density at radius 2 is 1.67 bits per heavy atom. The number of carbonyl (C=O) groups excluding carboxylic acids is 4. The van der Waals surface area contributed by atoms with Crippen LogP contribution in [0, 0.1) is 11.3 Å². The molecule has 1 saturated heterocycles. The number of nitrogens with one attached hydrogen (secondary N) is 1. The summed E-state index contributed by atoms with van der Waals surface area (Å²) in [6.45, 7) is 6.09. The van der Waals surface area contributed by atoms with Crippen LogP contribution in [0.15, 0.2) is 30.3 Å². The summed E-state index contributed by atoms with van der Waals surface area (Å²) in [5, 5.41) is 2.19. The summed E-state index contributed by atoms with van der Waals surface area (Å²) in [5.74, 6) is -1.96. The van der Waals surface area contributed by atoms with Crippen LogP contribution in [0.25, 0.3) is 0 Å². The lowest BCUT2D eigenvalue weighted by Gasteiger charge is -2.34. The van der Waals surface area contributed by atoms with Gasteiger partial charge in [-0.05, 0) is 25.0 Å². The molecule has 0 atom stereocenters. The molecule has 146 valence electrons. The van der Waals surface area contributed by atoms with E-state index in [0.29, 0.717) is 31.5 Å². The molecule has 27 heavy (non-hydrogen) atoms. The highest BCUT2D eigenvalue weighted by atomic mass is 16.5. The Kier molecular flexibility index (Phi) is 6.71. The summed E-state index contributed by atoms with van der Waals surface area (Å²) in [4.78, 5) is 49.8. The summed E-state index contributed by atoms with van der Waals surface area (Å²) in [6, 6.07) is 8.32. The molecule has 0 aromatic heterocycles. The summed E-state index contributed by atoms with van der Waals surface area (Å²) < 4.78 is 5.04. The van der Waals surface area contributed by atoms with Crippen molar-refractivity contribution in [1.29, 1.82) is 0 Å². The van der Waals surface area contributed by atoms with Crippen LogP contribution in [0.1, 0.15) is 44.0 Å². The SMILES string of the molecule is CC(C)(C)C(=O)N1CCC(C(=O)OCC(=O)NC(=O)c2ccccc2)CC1. The third-order valence-corrected chi connectivity index (χ3v) is 4.39. The number of carbonyl (C=O) groups is 4. The van der Waals surface area contributed by atoms with Crippen LogP contribution in [0.3, 0.4) is 0 Å². The van der Waals surface area contributed by atoms with Crippen LogP contribution in [-0.4, -0.2) is 48.3 Å². The number of likely N-dealkylation sites (tertiary alicyclic amines) is 1. The van der Waals surface area contributed by atoms with Crippen molar-refractivity contribution in [3.63, 3.8) is 0 Å². The molecule has 0 radical (unpaired) electrons. The second-order valence-electron chi connectivity index (χ2n) is 7.67. The van der Waals surface area contributed by atoms with Crippen molar-refractivity contribution in [3.05, 3.63) is 35.9 Å². The summed E-state index contributed by atoms with van der Waals surface area (Å²) in [7, 11) is 0. The molecular weight excluding hydrogens is 348 g/mol. The van der Waals surface area contributed by atoms with E-state index in [1.165, 1.54) is 0 Å². The fraction of sp³-hybridized carbons (Fsp3) is 0.500. The van der Waals surface area contributed by atoms with Crippen LogP contribution >= 0.6 is 0 Å². The van der Waals surface area contributed by atoms with Crippen LogP contribution in [0.4, 0.5) is 0 Å². The fourth-order valence-corrected chi connectivity index (χ4v) is 2.87. The predicted molar refractivity (Wildman–Crippen MR) is 98.6 cm³/mol. The third kappa shape index (κ3) is 5.91. The zero-order chi connectivity index (χ0) is 20.0. The van der Waals surface area contributed by atoms with Gasteiger partial charge in [-0.1, -0.05) is 39.0 Å². The lowest BCUT2D eigenvalue weighted by Crippen LogP contribution is -2.45. The summed E-state index contributed by atoms with van der Waals surface area (Å²) >= 11 is 0. The maximum absolute atomic E-state index is 12.3. The van der Waals surface area contributed by atoms with E-state index in [1.807, 2.05) is 20.8 Å². The van der Waals surface area contributed by atoms with Crippen LogP contribution in [-0.2, 0) is 19.1 Å². The molecule has 1 aromatic rings.